The molecule has 4 rings (SSSR count). The molecule has 2 aliphatic rings. The number of aliphatic hydroxyl groups excluding tert-OH is 1. The van der Waals surface area contributed by atoms with E-state index >= 15 is 0 Å². The van der Waals surface area contributed by atoms with Crippen LogP contribution < -0.4 is 0 Å². The lowest BCUT2D eigenvalue weighted by molar-refractivity contribution is 0.0826. The highest BCUT2D eigenvalue weighted by atomic mass is 16.3. The molecular weight excluding hydrogens is 380 g/mol. The Hall–Kier alpha value is -3.12. The van der Waals surface area contributed by atoms with E-state index in [-0.39, 0.29) is 28.5 Å². The summed E-state index contributed by atoms with van der Waals surface area (Å²) in [5.74, 6) is -1.82. The number of nitrogens with zero attached hydrogens (tertiary/aromatic N) is 2. The Morgan fingerprint density at radius 3 is 2.43 bits per heavy atom. The SMILES string of the molecule is CC(C)c1ccc2c(c1)CC(O)C(C1C(=O)c3ccc(C(=O)N(C)C)cc3C1=O)=N2. The lowest BCUT2D eigenvalue weighted by atomic mass is 9.87. The van der Waals surface area contributed by atoms with Gasteiger partial charge in [0.05, 0.1) is 17.5 Å². The third-order valence-electron chi connectivity index (χ3n) is 5.80. The average molecular weight is 404 g/mol. The third kappa shape index (κ3) is 3.17. The number of rotatable bonds is 3. The lowest BCUT2D eigenvalue weighted by Gasteiger charge is -2.24. The fraction of sp³-hybridized carbons (Fsp3) is 0.333. The van der Waals surface area contributed by atoms with Crippen molar-refractivity contribution >= 4 is 28.9 Å². The summed E-state index contributed by atoms with van der Waals surface area (Å²) in [6.07, 6.45) is -0.693. The molecule has 0 saturated carbocycles. The molecule has 6 heteroatoms. The number of amides is 1. The number of ketones is 2. The highest BCUT2D eigenvalue weighted by molar-refractivity contribution is 6.37. The largest absolute Gasteiger partial charge is 0.387 e. The Morgan fingerprint density at radius 2 is 1.77 bits per heavy atom. The predicted octanol–water partition coefficient (Wildman–Crippen LogP) is 3.20. The summed E-state index contributed by atoms with van der Waals surface area (Å²) in [7, 11) is 3.25. The number of carbonyl (C=O) groups excluding carboxylic acids is 3. The van der Waals surface area contributed by atoms with Crippen molar-refractivity contribution in [2.45, 2.75) is 32.3 Å². The van der Waals surface area contributed by atoms with Crippen molar-refractivity contribution in [3.63, 3.8) is 0 Å². The molecule has 30 heavy (non-hydrogen) atoms. The normalized spacial score (nSPS) is 20.1. The van der Waals surface area contributed by atoms with Crippen LogP contribution in [0.4, 0.5) is 5.69 Å². The van der Waals surface area contributed by atoms with Crippen LogP contribution >= 0.6 is 0 Å². The Bertz CT molecular complexity index is 1110. The van der Waals surface area contributed by atoms with Crippen LogP contribution in [0.2, 0.25) is 0 Å². The number of hydrogen-bond acceptors (Lipinski definition) is 5. The summed E-state index contributed by atoms with van der Waals surface area (Å²) in [5.41, 5.74) is 3.76. The number of carbonyl (C=O) groups is 3. The summed E-state index contributed by atoms with van der Waals surface area (Å²) in [6.45, 7) is 4.19. The molecular formula is C24H24N2O4. The van der Waals surface area contributed by atoms with Crippen LogP contribution in [0.15, 0.2) is 41.4 Å². The van der Waals surface area contributed by atoms with Gasteiger partial charge in [0.1, 0.15) is 5.92 Å². The van der Waals surface area contributed by atoms with Gasteiger partial charge in [-0.2, -0.15) is 0 Å². The van der Waals surface area contributed by atoms with Gasteiger partial charge >= 0.3 is 0 Å². The second kappa shape index (κ2) is 7.29. The smallest absolute Gasteiger partial charge is 0.253 e. The van der Waals surface area contributed by atoms with Gasteiger partial charge in [-0.3, -0.25) is 19.4 Å². The molecule has 6 nitrogen and oxygen atoms in total. The first kappa shape index (κ1) is 20.2. The van der Waals surface area contributed by atoms with Crippen molar-refractivity contribution in [1.82, 2.24) is 4.90 Å². The molecule has 1 aliphatic heterocycles. The Kier molecular flexibility index (Phi) is 4.90. The van der Waals surface area contributed by atoms with Crippen molar-refractivity contribution in [3.8, 4) is 0 Å². The molecule has 2 aromatic carbocycles. The van der Waals surface area contributed by atoms with E-state index in [1.165, 1.54) is 17.0 Å². The summed E-state index contributed by atoms with van der Waals surface area (Å²) in [4.78, 5) is 44.3. The molecule has 1 aliphatic carbocycles. The van der Waals surface area contributed by atoms with Gasteiger partial charge in [0.15, 0.2) is 11.6 Å². The fourth-order valence-electron chi connectivity index (χ4n) is 4.07. The van der Waals surface area contributed by atoms with Gasteiger partial charge in [-0.25, -0.2) is 0 Å². The zero-order valence-electron chi connectivity index (χ0n) is 17.5. The van der Waals surface area contributed by atoms with E-state index < -0.39 is 17.8 Å². The van der Waals surface area contributed by atoms with Crippen LogP contribution in [0.3, 0.4) is 0 Å². The zero-order chi connectivity index (χ0) is 21.7. The zero-order valence-corrected chi connectivity index (χ0v) is 17.5. The molecule has 154 valence electrons. The van der Waals surface area contributed by atoms with Crippen LogP contribution in [0.25, 0.3) is 0 Å². The minimum atomic E-state index is -1.14. The highest BCUT2D eigenvalue weighted by Gasteiger charge is 2.45. The molecule has 0 radical (unpaired) electrons. The average Bonchev–Trinajstić information content (AvgIpc) is 2.96. The first-order valence-electron chi connectivity index (χ1n) is 10.0. The molecule has 0 aromatic heterocycles. The van der Waals surface area contributed by atoms with Crippen LogP contribution in [-0.2, 0) is 6.42 Å². The quantitative estimate of drug-likeness (QED) is 0.796. The summed E-state index contributed by atoms with van der Waals surface area (Å²) < 4.78 is 0. The van der Waals surface area contributed by atoms with E-state index in [0.717, 1.165) is 11.1 Å². The topological polar surface area (TPSA) is 87.0 Å². The Labute approximate surface area is 175 Å². The molecule has 0 bridgehead atoms. The van der Waals surface area contributed by atoms with Crippen LogP contribution in [0.5, 0.6) is 0 Å². The summed E-state index contributed by atoms with van der Waals surface area (Å²) >= 11 is 0. The van der Waals surface area contributed by atoms with E-state index in [1.807, 2.05) is 18.2 Å². The maximum absolute atomic E-state index is 13.1. The second-order valence-corrected chi connectivity index (χ2v) is 8.42. The van der Waals surface area contributed by atoms with Gasteiger partial charge in [-0.15, -0.1) is 0 Å². The fourth-order valence-corrected chi connectivity index (χ4v) is 4.07. The maximum Gasteiger partial charge on any atom is 0.253 e. The van der Waals surface area contributed by atoms with Gasteiger partial charge in [-0.1, -0.05) is 26.0 Å². The van der Waals surface area contributed by atoms with Crippen molar-refractivity contribution in [3.05, 3.63) is 64.2 Å². The van der Waals surface area contributed by atoms with Crippen LogP contribution in [0.1, 0.15) is 62.0 Å². The monoisotopic (exact) mass is 404 g/mol. The number of hydrogen-bond donors (Lipinski definition) is 1. The highest BCUT2D eigenvalue weighted by Crippen LogP contribution is 2.35. The molecule has 2 aromatic rings. The number of benzene rings is 2. The van der Waals surface area contributed by atoms with Crippen molar-refractivity contribution < 1.29 is 19.5 Å². The van der Waals surface area contributed by atoms with Gasteiger partial charge < -0.3 is 10.0 Å². The molecule has 1 heterocycles. The Morgan fingerprint density at radius 1 is 1.07 bits per heavy atom. The van der Waals surface area contributed by atoms with E-state index in [4.69, 9.17) is 0 Å². The first-order chi connectivity index (χ1) is 14.2. The van der Waals surface area contributed by atoms with Crippen LogP contribution in [0, 0.1) is 5.92 Å². The molecule has 0 fully saturated rings. The third-order valence-corrected chi connectivity index (χ3v) is 5.80. The van der Waals surface area contributed by atoms with E-state index in [9.17, 15) is 19.5 Å². The van der Waals surface area contributed by atoms with Crippen molar-refractivity contribution in [2.75, 3.05) is 14.1 Å². The van der Waals surface area contributed by atoms with Gasteiger partial charge in [0.2, 0.25) is 0 Å². The summed E-state index contributed by atoms with van der Waals surface area (Å²) in [6, 6.07) is 10.4. The Balaban J connectivity index is 1.73. The molecule has 1 amide bonds. The molecule has 1 N–H and O–H groups in total. The number of Topliss-reactive ketones (excluding diaryl/α,β-unsaturated/α-hetero) is 2. The lowest BCUT2D eigenvalue weighted by Crippen LogP contribution is -2.37. The number of fused-ring (bicyclic) bond motifs is 2. The van der Waals surface area contributed by atoms with Crippen molar-refractivity contribution in [2.24, 2.45) is 10.9 Å². The van der Waals surface area contributed by atoms with Gasteiger partial charge in [0.25, 0.3) is 5.91 Å². The molecule has 2 unspecified atom stereocenters. The second-order valence-electron chi connectivity index (χ2n) is 8.42. The van der Waals surface area contributed by atoms with Crippen molar-refractivity contribution in [1.29, 1.82) is 0 Å². The van der Waals surface area contributed by atoms with E-state index in [0.29, 0.717) is 23.6 Å². The minimum absolute atomic E-state index is 0.187. The van der Waals surface area contributed by atoms with Gasteiger partial charge in [0, 0.05) is 37.2 Å². The standard InChI is InChI=1S/C24H24N2O4/c1-12(2)13-6-8-18-15(9-13)11-19(27)21(25-18)20-22(28)16-7-5-14(24(30)26(3)4)10-17(16)23(20)29/h5-10,12,19-20,27H,11H2,1-4H3. The minimum Gasteiger partial charge on any atom is -0.387 e. The van der Waals surface area contributed by atoms with Gasteiger partial charge in [-0.05, 0) is 41.3 Å². The maximum atomic E-state index is 13.1. The first-order valence-corrected chi connectivity index (χ1v) is 10.0. The van der Waals surface area contributed by atoms with E-state index in [2.05, 4.69) is 18.8 Å². The van der Waals surface area contributed by atoms with E-state index in [1.54, 1.807) is 20.2 Å². The number of aliphatic imine (C=N–C) groups is 1. The molecule has 0 saturated heterocycles. The molecule has 2 atom stereocenters. The predicted molar refractivity (Wildman–Crippen MR) is 114 cm³/mol. The molecule has 0 spiro atoms. The van der Waals surface area contributed by atoms with Crippen LogP contribution in [-0.4, -0.2) is 53.4 Å². The summed E-state index contributed by atoms with van der Waals surface area (Å²) in [5, 5.41) is 10.7. The number of aliphatic hydroxyl groups is 1.